The van der Waals surface area contributed by atoms with Crippen LogP contribution >= 0.6 is 11.3 Å². The Balaban J connectivity index is 1.84. The quantitative estimate of drug-likeness (QED) is 0.843. The number of thiazole rings is 1. The minimum absolute atomic E-state index is 0.0341. The lowest BCUT2D eigenvalue weighted by Gasteiger charge is -2.06. The van der Waals surface area contributed by atoms with Gasteiger partial charge in [0.05, 0.1) is 10.6 Å². The molecule has 2 aromatic rings. The zero-order valence-electron chi connectivity index (χ0n) is 12.3. The van der Waals surface area contributed by atoms with E-state index in [0.717, 1.165) is 10.6 Å². The molecule has 0 unspecified atom stereocenters. The first-order valence-corrected chi connectivity index (χ1v) is 8.97. The summed E-state index contributed by atoms with van der Waals surface area (Å²) in [7, 11) is -3.57. The summed E-state index contributed by atoms with van der Waals surface area (Å²) in [5.74, 6) is -0.274. The number of nitrogens with one attached hydrogen (secondary N) is 2. The summed E-state index contributed by atoms with van der Waals surface area (Å²) in [5.41, 5.74) is 0.880. The highest BCUT2D eigenvalue weighted by molar-refractivity contribution is 7.89. The van der Waals surface area contributed by atoms with Crippen LogP contribution in [0.25, 0.3) is 0 Å². The topological polar surface area (TPSA) is 88.2 Å². The van der Waals surface area contributed by atoms with Gasteiger partial charge in [0.25, 0.3) is 0 Å². The molecule has 0 radical (unpaired) electrons. The zero-order chi connectivity index (χ0) is 16.2. The zero-order valence-corrected chi connectivity index (χ0v) is 13.9. The van der Waals surface area contributed by atoms with Crippen LogP contribution in [0.15, 0.2) is 35.2 Å². The molecule has 118 valence electrons. The van der Waals surface area contributed by atoms with Crippen LogP contribution in [0.2, 0.25) is 0 Å². The largest absolute Gasteiger partial charge is 0.302 e. The van der Waals surface area contributed by atoms with Gasteiger partial charge in [-0.1, -0.05) is 18.2 Å². The smallest absolute Gasteiger partial charge is 0.240 e. The lowest BCUT2D eigenvalue weighted by Crippen LogP contribution is -2.27. The molecule has 1 amide bonds. The van der Waals surface area contributed by atoms with Crippen molar-refractivity contribution in [1.82, 2.24) is 9.71 Å². The highest BCUT2D eigenvalue weighted by Gasteiger charge is 2.14. The Morgan fingerprint density at radius 2 is 1.91 bits per heavy atom. The number of hydrogen-bond acceptors (Lipinski definition) is 5. The Morgan fingerprint density at radius 3 is 2.50 bits per heavy atom. The molecular weight excluding hydrogens is 322 g/mol. The van der Waals surface area contributed by atoms with Crippen LogP contribution < -0.4 is 10.0 Å². The van der Waals surface area contributed by atoms with Crippen molar-refractivity contribution in [3.05, 3.63) is 40.9 Å². The Morgan fingerprint density at radius 1 is 1.23 bits per heavy atom. The highest BCUT2D eigenvalue weighted by Crippen LogP contribution is 2.21. The Bertz CT molecular complexity index is 735. The number of carbonyl (C=O) groups is 1. The van der Waals surface area contributed by atoms with Crippen LogP contribution in [0, 0.1) is 13.8 Å². The number of aryl methyl sites for hydroxylation is 2. The van der Waals surface area contributed by atoms with Crippen LogP contribution in [0.5, 0.6) is 0 Å². The Hall–Kier alpha value is -1.77. The predicted octanol–water partition coefficient (Wildman–Crippen LogP) is 2.07. The number of nitrogens with zero attached hydrogens (tertiary/aromatic N) is 1. The van der Waals surface area contributed by atoms with E-state index in [1.807, 2.05) is 13.8 Å². The van der Waals surface area contributed by atoms with Crippen molar-refractivity contribution in [1.29, 1.82) is 0 Å². The molecule has 1 aromatic heterocycles. The number of rotatable bonds is 6. The van der Waals surface area contributed by atoms with E-state index in [1.54, 1.807) is 18.2 Å². The van der Waals surface area contributed by atoms with Gasteiger partial charge in [-0.3, -0.25) is 4.79 Å². The molecule has 8 heteroatoms. The van der Waals surface area contributed by atoms with Gasteiger partial charge in [0.1, 0.15) is 0 Å². The van der Waals surface area contributed by atoms with Gasteiger partial charge in [-0.25, -0.2) is 18.1 Å². The lowest BCUT2D eigenvalue weighted by atomic mass is 10.4. The van der Waals surface area contributed by atoms with Crippen molar-refractivity contribution in [3.8, 4) is 0 Å². The molecule has 0 saturated carbocycles. The van der Waals surface area contributed by atoms with Gasteiger partial charge < -0.3 is 5.32 Å². The van der Waals surface area contributed by atoms with Gasteiger partial charge in [-0.05, 0) is 26.0 Å². The lowest BCUT2D eigenvalue weighted by molar-refractivity contribution is -0.116. The van der Waals surface area contributed by atoms with Gasteiger partial charge in [0, 0.05) is 17.8 Å². The van der Waals surface area contributed by atoms with Gasteiger partial charge in [0.15, 0.2) is 5.13 Å². The summed E-state index contributed by atoms with van der Waals surface area (Å²) in [6, 6.07) is 8.04. The van der Waals surface area contributed by atoms with E-state index in [4.69, 9.17) is 0 Å². The second-order valence-corrected chi connectivity index (χ2v) is 7.64. The molecule has 0 fully saturated rings. The number of sulfonamides is 1. The van der Waals surface area contributed by atoms with Crippen molar-refractivity contribution in [2.24, 2.45) is 0 Å². The second kappa shape index (κ2) is 6.99. The number of aromatic nitrogens is 1. The summed E-state index contributed by atoms with van der Waals surface area (Å²) in [6.07, 6.45) is 0.0454. The first kappa shape index (κ1) is 16.6. The van der Waals surface area contributed by atoms with Crippen LogP contribution in [0.4, 0.5) is 5.13 Å². The van der Waals surface area contributed by atoms with Gasteiger partial charge in [-0.15, -0.1) is 11.3 Å². The molecule has 1 aromatic carbocycles. The molecule has 0 atom stereocenters. The summed E-state index contributed by atoms with van der Waals surface area (Å²) in [4.78, 5) is 17.2. The van der Waals surface area contributed by atoms with Crippen LogP contribution in [0.1, 0.15) is 17.0 Å². The van der Waals surface area contributed by atoms with E-state index in [0.29, 0.717) is 5.13 Å². The van der Waals surface area contributed by atoms with Gasteiger partial charge >= 0.3 is 0 Å². The van der Waals surface area contributed by atoms with Crippen molar-refractivity contribution < 1.29 is 13.2 Å². The molecule has 6 nitrogen and oxygen atoms in total. The maximum Gasteiger partial charge on any atom is 0.240 e. The molecule has 1 heterocycles. The molecular formula is C14H17N3O3S2. The molecule has 0 bridgehead atoms. The SMILES string of the molecule is Cc1nc(NC(=O)CCNS(=O)(=O)c2ccccc2)sc1C. The molecule has 22 heavy (non-hydrogen) atoms. The number of benzene rings is 1. The average molecular weight is 339 g/mol. The van der Waals surface area contributed by atoms with E-state index in [2.05, 4.69) is 15.0 Å². The van der Waals surface area contributed by atoms with E-state index in [1.165, 1.54) is 23.5 Å². The van der Waals surface area contributed by atoms with Crippen LogP contribution in [0.3, 0.4) is 0 Å². The molecule has 0 spiro atoms. The number of anilines is 1. The first-order chi connectivity index (χ1) is 10.4. The maximum atomic E-state index is 12.0. The van der Waals surface area contributed by atoms with E-state index >= 15 is 0 Å². The fourth-order valence-corrected chi connectivity index (χ4v) is 3.57. The monoisotopic (exact) mass is 339 g/mol. The minimum Gasteiger partial charge on any atom is -0.302 e. The van der Waals surface area contributed by atoms with Crippen LogP contribution in [-0.4, -0.2) is 25.9 Å². The summed E-state index contributed by atoms with van der Waals surface area (Å²) >= 11 is 1.40. The molecule has 2 N–H and O–H groups in total. The molecule has 0 aliphatic carbocycles. The fraction of sp³-hybridized carbons (Fsp3) is 0.286. The number of carbonyl (C=O) groups excluding carboxylic acids is 1. The first-order valence-electron chi connectivity index (χ1n) is 6.67. The Kier molecular flexibility index (Phi) is 5.28. The second-order valence-electron chi connectivity index (χ2n) is 4.67. The van der Waals surface area contributed by atoms with Gasteiger partial charge in [-0.2, -0.15) is 0 Å². The normalized spacial score (nSPS) is 11.4. The van der Waals surface area contributed by atoms with Crippen molar-refractivity contribution in [2.45, 2.75) is 25.2 Å². The maximum absolute atomic E-state index is 12.0. The predicted molar refractivity (Wildman–Crippen MR) is 86.5 cm³/mol. The fourth-order valence-electron chi connectivity index (χ4n) is 1.69. The number of amides is 1. The number of hydrogen-bond donors (Lipinski definition) is 2. The van der Waals surface area contributed by atoms with Gasteiger partial charge in [0.2, 0.25) is 15.9 Å². The highest BCUT2D eigenvalue weighted by atomic mass is 32.2. The van der Waals surface area contributed by atoms with Crippen molar-refractivity contribution in [2.75, 3.05) is 11.9 Å². The summed E-state index contributed by atoms with van der Waals surface area (Å²) < 4.78 is 26.3. The average Bonchev–Trinajstić information content (AvgIpc) is 2.78. The Labute approximate surface area is 133 Å². The van der Waals surface area contributed by atoms with E-state index < -0.39 is 10.0 Å². The summed E-state index contributed by atoms with van der Waals surface area (Å²) in [6.45, 7) is 3.83. The standard InChI is InChI=1S/C14H17N3O3S2/c1-10-11(2)21-14(16-10)17-13(18)8-9-15-22(19,20)12-6-4-3-5-7-12/h3-7,15H,8-9H2,1-2H3,(H,16,17,18). The molecule has 0 aliphatic rings. The third-order valence-electron chi connectivity index (χ3n) is 2.97. The van der Waals surface area contributed by atoms with E-state index in [-0.39, 0.29) is 23.8 Å². The third kappa shape index (κ3) is 4.36. The molecule has 2 rings (SSSR count). The van der Waals surface area contributed by atoms with Crippen molar-refractivity contribution in [3.63, 3.8) is 0 Å². The third-order valence-corrected chi connectivity index (χ3v) is 5.44. The van der Waals surface area contributed by atoms with Crippen molar-refractivity contribution >= 4 is 32.4 Å². The summed E-state index contributed by atoms with van der Waals surface area (Å²) in [5, 5.41) is 3.20. The molecule has 0 saturated heterocycles. The van der Waals surface area contributed by atoms with E-state index in [9.17, 15) is 13.2 Å². The van der Waals surface area contributed by atoms with Crippen LogP contribution in [-0.2, 0) is 14.8 Å². The minimum atomic E-state index is -3.57. The molecule has 0 aliphatic heterocycles.